The Balaban J connectivity index is 1.62. The summed E-state index contributed by atoms with van der Waals surface area (Å²) in [4.78, 5) is 4.33. The number of nitrogens with zero attached hydrogens (tertiary/aromatic N) is 3. The third kappa shape index (κ3) is 4.78. The highest BCUT2D eigenvalue weighted by molar-refractivity contribution is 8.00. The maximum absolute atomic E-state index is 6.09. The maximum atomic E-state index is 6.09. The first-order valence-corrected chi connectivity index (χ1v) is 9.26. The number of benzene rings is 2. The van der Waals surface area contributed by atoms with Crippen LogP contribution in [0.2, 0.25) is 10.0 Å². The van der Waals surface area contributed by atoms with Gasteiger partial charge in [0.25, 0.3) is 0 Å². The second-order valence-corrected chi connectivity index (χ2v) is 7.57. The van der Waals surface area contributed by atoms with Crippen molar-refractivity contribution in [2.75, 3.05) is 0 Å². The van der Waals surface area contributed by atoms with Crippen molar-refractivity contribution >= 4 is 57.6 Å². The predicted molar refractivity (Wildman–Crippen MR) is 99.6 cm³/mol. The highest BCUT2D eigenvalue weighted by atomic mass is 35.5. The van der Waals surface area contributed by atoms with Crippen LogP contribution in [0.5, 0.6) is 0 Å². The summed E-state index contributed by atoms with van der Waals surface area (Å²) in [6, 6.07) is 15.3. The van der Waals surface area contributed by atoms with Crippen molar-refractivity contribution in [1.29, 1.82) is 0 Å². The van der Waals surface area contributed by atoms with Crippen LogP contribution < -0.4 is 0 Å². The summed E-state index contributed by atoms with van der Waals surface area (Å²) < 4.78 is 0.881. The highest BCUT2D eigenvalue weighted by Crippen LogP contribution is 2.30. The molecule has 0 radical (unpaired) electrons. The molecule has 3 nitrogen and oxygen atoms in total. The van der Waals surface area contributed by atoms with E-state index in [1.807, 2.05) is 48.5 Å². The van der Waals surface area contributed by atoms with Gasteiger partial charge in [0.05, 0.1) is 0 Å². The van der Waals surface area contributed by atoms with E-state index >= 15 is 0 Å². The third-order valence-corrected chi connectivity index (χ3v) is 5.52. The molecule has 2 aromatic carbocycles. The Morgan fingerprint density at radius 2 is 1.83 bits per heavy atom. The van der Waals surface area contributed by atoms with Crippen molar-refractivity contribution in [3.63, 3.8) is 0 Å². The van der Waals surface area contributed by atoms with E-state index in [1.54, 1.807) is 18.0 Å². The molecule has 0 N–H and O–H groups in total. The zero-order valence-electron chi connectivity index (χ0n) is 11.8. The molecular weight excluding hydrogens is 369 g/mol. The number of hydrogen-bond acceptors (Lipinski definition) is 5. The van der Waals surface area contributed by atoms with Crippen LogP contribution in [-0.4, -0.2) is 16.4 Å². The lowest BCUT2D eigenvalue weighted by atomic mass is 10.2. The van der Waals surface area contributed by atoms with Crippen molar-refractivity contribution in [2.45, 2.75) is 10.1 Å². The van der Waals surface area contributed by atoms with Gasteiger partial charge in [-0.1, -0.05) is 76.6 Å². The van der Waals surface area contributed by atoms with Gasteiger partial charge in [-0.2, -0.15) is 0 Å². The van der Waals surface area contributed by atoms with Crippen LogP contribution in [0.25, 0.3) is 0 Å². The fourth-order valence-electron chi connectivity index (χ4n) is 1.74. The van der Waals surface area contributed by atoms with Crippen LogP contribution in [0.1, 0.15) is 11.1 Å². The molecular formula is C16H11Cl2N3S2. The second kappa shape index (κ2) is 7.93. The van der Waals surface area contributed by atoms with Crippen molar-refractivity contribution in [1.82, 2.24) is 10.2 Å². The van der Waals surface area contributed by atoms with Crippen molar-refractivity contribution in [3.8, 4) is 0 Å². The molecule has 1 aromatic heterocycles. The first kappa shape index (κ1) is 16.5. The van der Waals surface area contributed by atoms with Crippen molar-refractivity contribution in [2.24, 2.45) is 4.99 Å². The summed E-state index contributed by atoms with van der Waals surface area (Å²) >= 11 is 15.0. The molecule has 0 atom stereocenters. The molecule has 0 saturated carbocycles. The van der Waals surface area contributed by atoms with Crippen LogP contribution in [0.4, 0.5) is 5.13 Å². The predicted octanol–water partition coefficient (Wildman–Crippen LogP) is 5.89. The molecule has 0 spiro atoms. The number of rotatable bonds is 5. The fourth-order valence-corrected chi connectivity index (χ4v) is 3.70. The van der Waals surface area contributed by atoms with E-state index in [-0.39, 0.29) is 0 Å². The normalized spacial score (nSPS) is 11.2. The Hall–Kier alpha value is -1.40. The van der Waals surface area contributed by atoms with Gasteiger partial charge in [0.2, 0.25) is 5.13 Å². The largest absolute Gasteiger partial charge is 0.232 e. The standard InChI is InChI=1S/C16H11Cl2N3S2/c17-13-7-5-11(6-8-13)10-22-16-21-20-15(23-16)19-9-12-3-1-2-4-14(12)18/h1-9H,10H2/b19-9+. The molecule has 0 saturated heterocycles. The lowest BCUT2D eigenvalue weighted by Crippen LogP contribution is -1.80. The van der Waals surface area contributed by atoms with Gasteiger partial charge in [-0.05, 0) is 23.8 Å². The van der Waals surface area contributed by atoms with Crippen molar-refractivity contribution < 1.29 is 0 Å². The smallest absolute Gasteiger partial charge is 0.226 e. The van der Waals surface area contributed by atoms with Gasteiger partial charge in [0.15, 0.2) is 4.34 Å². The molecule has 0 aliphatic heterocycles. The topological polar surface area (TPSA) is 38.1 Å². The number of aliphatic imine (C=N–C) groups is 1. The van der Waals surface area contributed by atoms with E-state index in [0.29, 0.717) is 10.2 Å². The Morgan fingerprint density at radius 1 is 1.04 bits per heavy atom. The summed E-state index contributed by atoms with van der Waals surface area (Å²) in [7, 11) is 0. The second-order valence-electron chi connectivity index (χ2n) is 4.55. The monoisotopic (exact) mass is 379 g/mol. The SMILES string of the molecule is Clc1ccc(CSc2nnc(/N=C/c3ccccc3Cl)s2)cc1. The van der Waals surface area contributed by atoms with Gasteiger partial charge < -0.3 is 0 Å². The summed E-state index contributed by atoms with van der Waals surface area (Å²) in [5.74, 6) is 0.819. The van der Waals surface area contributed by atoms with Gasteiger partial charge in [-0.3, -0.25) is 0 Å². The first-order valence-electron chi connectivity index (χ1n) is 6.70. The molecule has 3 aromatic rings. The van der Waals surface area contributed by atoms with E-state index in [0.717, 1.165) is 20.7 Å². The van der Waals surface area contributed by atoms with Crippen LogP contribution >= 0.6 is 46.3 Å². The van der Waals surface area contributed by atoms with E-state index in [9.17, 15) is 0 Å². The van der Waals surface area contributed by atoms with E-state index in [2.05, 4.69) is 15.2 Å². The zero-order chi connectivity index (χ0) is 16.1. The number of aromatic nitrogens is 2. The lowest BCUT2D eigenvalue weighted by molar-refractivity contribution is 1.01. The molecule has 23 heavy (non-hydrogen) atoms. The van der Waals surface area contributed by atoms with Gasteiger partial charge in [0.1, 0.15) is 0 Å². The molecule has 0 aliphatic rings. The molecule has 0 bridgehead atoms. The van der Waals surface area contributed by atoms with E-state index in [1.165, 1.54) is 16.9 Å². The minimum atomic E-state index is 0.614. The zero-order valence-corrected chi connectivity index (χ0v) is 15.0. The molecule has 3 rings (SSSR count). The van der Waals surface area contributed by atoms with Crippen LogP contribution in [0.15, 0.2) is 57.9 Å². The average Bonchev–Trinajstić information content (AvgIpc) is 3.02. The van der Waals surface area contributed by atoms with Gasteiger partial charge in [-0.25, -0.2) is 4.99 Å². The molecule has 116 valence electrons. The molecule has 7 heteroatoms. The minimum Gasteiger partial charge on any atom is -0.226 e. The average molecular weight is 380 g/mol. The highest BCUT2D eigenvalue weighted by Gasteiger charge is 2.04. The number of halogens is 2. The summed E-state index contributed by atoms with van der Waals surface area (Å²) in [5.41, 5.74) is 2.05. The summed E-state index contributed by atoms with van der Waals surface area (Å²) in [6.07, 6.45) is 1.70. The fraction of sp³-hybridized carbons (Fsp3) is 0.0625. The minimum absolute atomic E-state index is 0.614. The Morgan fingerprint density at radius 3 is 2.61 bits per heavy atom. The number of hydrogen-bond donors (Lipinski definition) is 0. The molecule has 0 aliphatic carbocycles. The molecule has 0 fully saturated rings. The lowest BCUT2D eigenvalue weighted by Gasteiger charge is -1.98. The Labute approximate surface area is 152 Å². The van der Waals surface area contributed by atoms with Gasteiger partial charge in [0, 0.05) is 27.6 Å². The summed E-state index contributed by atoms with van der Waals surface area (Å²) in [5, 5.41) is 10.2. The van der Waals surface area contributed by atoms with E-state index < -0.39 is 0 Å². The van der Waals surface area contributed by atoms with Crippen LogP contribution in [-0.2, 0) is 5.75 Å². The van der Waals surface area contributed by atoms with Gasteiger partial charge >= 0.3 is 0 Å². The maximum Gasteiger partial charge on any atom is 0.232 e. The number of thioether (sulfide) groups is 1. The van der Waals surface area contributed by atoms with Crippen LogP contribution in [0.3, 0.4) is 0 Å². The van der Waals surface area contributed by atoms with E-state index in [4.69, 9.17) is 23.2 Å². The Kier molecular flexibility index (Phi) is 5.67. The molecule has 0 amide bonds. The van der Waals surface area contributed by atoms with Gasteiger partial charge in [-0.15, -0.1) is 10.2 Å². The first-order chi connectivity index (χ1) is 11.2. The van der Waals surface area contributed by atoms with Crippen LogP contribution in [0, 0.1) is 0 Å². The van der Waals surface area contributed by atoms with Crippen molar-refractivity contribution in [3.05, 3.63) is 69.7 Å². The third-order valence-electron chi connectivity index (χ3n) is 2.89. The molecule has 0 unspecified atom stereocenters. The quantitative estimate of drug-likeness (QED) is 0.409. The Bertz CT molecular complexity index is 816. The molecule has 1 heterocycles. The summed E-state index contributed by atoms with van der Waals surface area (Å²) in [6.45, 7) is 0.